The topological polar surface area (TPSA) is 103 Å². The Kier molecular flexibility index (Phi) is 4.24. The molecule has 7 nitrogen and oxygen atoms in total. The van der Waals surface area contributed by atoms with E-state index in [0.29, 0.717) is 23.3 Å². The third-order valence-corrected chi connectivity index (χ3v) is 3.13. The normalized spacial score (nSPS) is 10.3. The first-order valence-electron chi connectivity index (χ1n) is 5.41. The van der Waals surface area contributed by atoms with Crippen LogP contribution in [0.2, 0.25) is 0 Å². The monoisotopic (exact) mass is 280 g/mol. The van der Waals surface area contributed by atoms with E-state index in [2.05, 4.69) is 10.2 Å². The molecule has 0 fully saturated rings. The summed E-state index contributed by atoms with van der Waals surface area (Å²) >= 11 is 1.41. The van der Waals surface area contributed by atoms with Gasteiger partial charge in [-0.3, -0.25) is 0 Å². The molecule has 1 aromatic carbocycles. The number of nitrogens with two attached hydrogens (primary N) is 1. The number of thioether (sulfide) groups is 1. The van der Waals surface area contributed by atoms with Crippen molar-refractivity contribution in [3.05, 3.63) is 36.2 Å². The number of hydrogen-bond donors (Lipinski definition) is 2. The Morgan fingerprint density at radius 1 is 1.53 bits per heavy atom. The molecule has 0 radical (unpaired) electrons. The average molecular weight is 280 g/mol. The summed E-state index contributed by atoms with van der Waals surface area (Å²) in [4.78, 5) is 10.8. The van der Waals surface area contributed by atoms with E-state index < -0.39 is 5.97 Å². The second-order valence-electron chi connectivity index (χ2n) is 3.55. The van der Waals surface area contributed by atoms with Gasteiger partial charge in [-0.2, -0.15) is 0 Å². The van der Waals surface area contributed by atoms with Gasteiger partial charge in [0, 0.05) is 5.75 Å². The van der Waals surface area contributed by atoms with Crippen molar-refractivity contribution in [1.29, 1.82) is 0 Å². The third-order valence-electron chi connectivity index (χ3n) is 2.20. The van der Waals surface area contributed by atoms with E-state index in [1.165, 1.54) is 34.9 Å². The van der Waals surface area contributed by atoms with Crippen LogP contribution in [-0.2, 0) is 0 Å². The Labute approximate surface area is 113 Å². The lowest BCUT2D eigenvalue weighted by Crippen LogP contribution is -2.09. The number of ether oxygens (including phenoxy) is 1. The SMILES string of the molecule is Nn1cnnc1SCCOc1cccc(C(=O)O)c1. The summed E-state index contributed by atoms with van der Waals surface area (Å²) in [6, 6.07) is 6.35. The summed E-state index contributed by atoms with van der Waals surface area (Å²) in [7, 11) is 0. The van der Waals surface area contributed by atoms with Crippen molar-refractivity contribution in [2.75, 3.05) is 18.2 Å². The predicted octanol–water partition coefficient (Wildman–Crippen LogP) is 0.861. The maximum atomic E-state index is 10.8. The molecular weight excluding hydrogens is 268 g/mol. The van der Waals surface area contributed by atoms with Gasteiger partial charge in [-0.15, -0.1) is 10.2 Å². The summed E-state index contributed by atoms with van der Waals surface area (Å²) in [5, 5.41) is 16.9. The molecule has 100 valence electrons. The Bertz CT molecular complexity index is 573. The second-order valence-corrected chi connectivity index (χ2v) is 4.61. The van der Waals surface area contributed by atoms with Crippen LogP contribution < -0.4 is 10.6 Å². The zero-order chi connectivity index (χ0) is 13.7. The summed E-state index contributed by atoms with van der Waals surface area (Å²) in [5.74, 6) is 5.73. The molecule has 0 saturated carbocycles. The fraction of sp³-hybridized carbons (Fsp3) is 0.182. The van der Waals surface area contributed by atoms with Crippen molar-refractivity contribution in [2.24, 2.45) is 0 Å². The highest BCUT2D eigenvalue weighted by Crippen LogP contribution is 2.15. The van der Waals surface area contributed by atoms with E-state index in [9.17, 15) is 4.79 Å². The van der Waals surface area contributed by atoms with Crippen LogP contribution in [0.3, 0.4) is 0 Å². The fourth-order valence-electron chi connectivity index (χ4n) is 1.35. The van der Waals surface area contributed by atoms with Crippen molar-refractivity contribution < 1.29 is 14.6 Å². The molecule has 2 aromatic rings. The van der Waals surface area contributed by atoms with Crippen molar-refractivity contribution in [3.8, 4) is 5.75 Å². The quantitative estimate of drug-likeness (QED) is 0.459. The minimum Gasteiger partial charge on any atom is -0.493 e. The molecule has 2 rings (SSSR count). The maximum absolute atomic E-state index is 10.8. The average Bonchev–Trinajstić information content (AvgIpc) is 2.81. The van der Waals surface area contributed by atoms with Gasteiger partial charge in [-0.1, -0.05) is 17.8 Å². The number of benzene rings is 1. The summed E-state index contributed by atoms with van der Waals surface area (Å²) in [6.07, 6.45) is 1.42. The highest BCUT2D eigenvalue weighted by molar-refractivity contribution is 7.99. The van der Waals surface area contributed by atoms with Gasteiger partial charge in [0.15, 0.2) is 0 Å². The van der Waals surface area contributed by atoms with E-state index in [1.807, 2.05) is 0 Å². The molecule has 0 amide bonds. The van der Waals surface area contributed by atoms with Crippen LogP contribution in [0, 0.1) is 0 Å². The van der Waals surface area contributed by atoms with Gasteiger partial charge in [-0.25, -0.2) is 9.47 Å². The van der Waals surface area contributed by atoms with E-state index in [1.54, 1.807) is 12.1 Å². The van der Waals surface area contributed by atoms with E-state index >= 15 is 0 Å². The highest BCUT2D eigenvalue weighted by Gasteiger charge is 2.05. The van der Waals surface area contributed by atoms with Gasteiger partial charge in [0.2, 0.25) is 5.16 Å². The zero-order valence-electron chi connectivity index (χ0n) is 9.89. The Morgan fingerprint density at radius 2 is 2.37 bits per heavy atom. The van der Waals surface area contributed by atoms with E-state index in [0.717, 1.165) is 0 Å². The van der Waals surface area contributed by atoms with Gasteiger partial charge < -0.3 is 15.7 Å². The Balaban J connectivity index is 1.81. The lowest BCUT2D eigenvalue weighted by molar-refractivity contribution is 0.0696. The molecule has 0 aliphatic heterocycles. The molecule has 1 heterocycles. The number of carboxylic acid groups (broad SMARTS) is 1. The molecular formula is C11H12N4O3S. The molecule has 0 aliphatic carbocycles. The van der Waals surface area contributed by atoms with Crippen LogP contribution in [0.25, 0.3) is 0 Å². The van der Waals surface area contributed by atoms with Gasteiger partial charge in [0.25, 0.3) is 0 Å². The van der Waals surface area contributed by atoms with Gasteiger partial charge in [0.1, 0.15) is 12.1 Å². The standard InChI is InChI=1S/C11H12N4O3S/c12-15-7-13-14-11(15)19-5-4-18-9-3-1-2-8(6-9)10(16)17/h1-3,6-7H,4-5,12H2,(H,16,17). The largest absolute Gasteiger partial charge is 0.493 e. The predicted molar refractivity (Wildman–Crippen MR) is 69.8 cm³/mol. The smallest absolute Gasteiger partial charge is 0.335 e. The summed E-state index contributed by atoms with van der Waals surface area (Å²) in [6.45, 7) is 0.417. The van der Waals surface area contributed by atoms with Gasteiger partial charge >= 0.3 is 5.97 Å². The second kappa shape index (κ2) is 6.10. The molecule has 8 heteroatoms. The lowest BCUT2D eigenvalue weighted by Gasteiger charge is -2.06. The number of hydrogen-bond acceptors (Lipinski definition) is 6. The fourth-order valence-corrected chi connectivity index (χ4v) is 2.00. The minimum atomic E-state index is -0.976. The first-order chi connectivity index (χ1) is 9.16. The van der Waals surface area contributed by atoms with Gasteiger partial charge in [0.05, 0.1) is 12.2 Å². The third kappa shape index (κ3) is 3.62. The number of carboxylic acids is 1. The van der Waals surface area contributed by atoms with E-state index in [4.69, 9.17) is 15.7 Å². The number of carbonyl (C=O) groups is 1. The summed E-state index contributed by atoms with van der Waals surface area (Å²) < 4.78 is 6.78. The van der Waals surface area contributed by atoms with Crippen LogP contribution in [0.5, 0.6) is 5.75 Å². The molecule has 3 N–H and O–H groups in total. The van der Waals surface area contributed by atoms with E-state index in [-0.39, 0.29) is 5.56 Å². The van der Waals surface area contributed by atoms with Crippen LogP contribution in [-0.4, -0.2) is 38.3 Å². The van der Waals surface area contributed by atoms with Crippen LogP contribution in [0.4, 0.5) is 0 Å². The molecule has 0 unspecified atom stereocenters. The Morgan fingerprint density at radius 3 is 3.05 bits per heavy atom. The first-order valence-corrected chi connectivity index (χ1v) is 6.39. The number of nitrogen functional groups attached to an aromatic ring is 1. The minimum absolute atomic E-state index is 0.201. The highest BCUT2D eigenvalue weighted by atomic mass is 32.2. The zero-order valence-corrected chi connectivity index (χ0v) is 10.7. The lowest BCUT2D eigenvalue weighted by atomic mass is 10.2. The van der Waals surface area contributed by atoms with Crippen molar-refractivity contribution in [3.63, 3.8) is 0 Å². The van der Waals surface area contributed by atoms with Gasteiger partial charge in [-0.05, 0) is 18.2 Å². The molecule has 0 atom stereocenters. The van der Waals surface area contributed by atoms with Crippen LogP contribution in [0.15, 0.2) is 35.7 Å². The molecule has 0 aliphatic rings. The van der Waals surface area contributed by atoms with Crippen LogP contribution >= 0.6 is 11.8 Å². The maximum Gasteiger partial charge on any atom is 0.335 e. The first kappa shape index (κ1) is 13.2. The van der Waals surface area contributed by atoms with Crippen LogP contribution in [0.1, 0.15) is 10.4 Å². The number of nitrogens with zero attached hydrogens (tertiary/aromatic N) is 3. The van der Waals surface area contributed by atoms with Crippen molar-refractivity contribution >= 4 is 17.7 Å². The molecule has 0 saturated heterocycles. The van der Waals surface area contributed by atoms with Crippen molar-refractivity contribution in [1.82, 2.24) is 14.9 Å². The summed E-state index contributed by atoms with van der Waals surface area (Å²) in [5.41, 5.74) is 0.201. The number of aromatic carboxylic acids is 1. The number of aromatic nitrogens is 3. The molecule has 0 bridgehead atoms. The molecule has 0 spiro atoms. The van der Waals surface area contributed by atoms with Crippen molar-refractivity contribution in [2.45, 2.75) is 5.16 Å². The number of rotatable bonds is 6. The molecule has 19 heavy (non-hydrogen) atoms. The molecule has 1 aromatic heterocycles. The Hall–Kier alpha value is -2.22.